The molecule has 0 spiro atoms. The van der Waals surface area contributed by atoms with Crippen LogP contribution in [0.3, 0.4) is 0 Å². The molecule has 1 aromatic carbocycles. The van der Waals surface area contributed by atoms with Gasteiger partial charge in [-0.15, -0.1) is 10.1 Å². The predicted molar refractivity (Wildman–Crippen MR) is 94.1 cm³/mol. The minimum absolute atomic E-state index is 0.0302. The number of benzene rings is 1. The van der Waals surface area contributed by atoms with Crippen LogP contribution in [-0.2, 0) is 19.1 Å². The highest BCUT2D eigenvalue weighted by Crippen LogP contribution is 2.41. The fraction of sp³-hybridized carbons (Fsp3) is 0.471. The van der Waals surface area contributed by atoms with Gasteiger partial charge in [0.1, 0.15) is 19.0 Å². The monoisotopic (exact) mass is 439 g/mol. The molecule has 0 amide bonds. The van der Waals surface area contributed by atoms with Gasteiger partial charge in [0, 0.05) is 10.6 Å². The number of esters is 1. The molecule has 0 saturated heterocycles. The van der Waals surface area contributed by atoms with E-state index in [9.17, 15) is 28.1 Å². The highest BCUT2D eigenvalue weighted by Gasteiger charge is 2.49. The lowest BCUT2D eigenvalue weighted by Crippen LogP contribution is -2.41. The SMILES string of the molecule is Cc1cc2c(c(C)c1Cl)C=C(C(=O)OCCOCCO[N+](=O)[O-])C(C(F)(F)F)O2. The van der Waals surface area contributed by atoms with Crippen LogP contribution in [-0.4, -0.2) is 49.8 Å². The number of ether oxygens (including phenoxy) is 3. The van der Waals surface area contributed by atoms with Crippen LogP contribution in [0.25, 0.3) is 6.08 Å². The van der Waals surface area contributed by atoms with Crippen molar-refractivity contribution < 1.29 is 42.1 Å². The molecule has 0 N–H and O–H groups in total. The summed E-state index contributed by atoms with van der Waals surface area (Å²) < 4.78 is 55.1. The van der Waals surface area contributed by atoms with Crippen molar-refractivity contribution >= 4 is 23.6 Å². The molecule has 1 aliphatic heterocycles. The third kappa shape index (κ3) is 5.73. The summed E-state index contributed by atoms with van der Waals surface area (Å²) in [7, 11) is 0. The summed E-state index contributed by atoms with van der Waals surface area (Å²) in [5, 5.41) is 9.31. The van der Waals surface area contributed by atoms with E-state index in [-0.39, 0.29) is 37.7 Å². The molecule has 1 atom stereocenters. The van der Waals surface area contributed by atoms with Crippen molar-refractivity contribution in [2.45, 2.75) is 26.1 Å². The van der Waals surface area contributed by atoms with Gasteiger partial charge in [0.05, 0.1) is 18.8 Å². The van der Waals surface area contributed by atoms with E-state index in [2.05, 4.69) is 4.84 Å². The lowest BCUT2D eigenvalue weighted by molar-refractivity contribution is -0.758. The van der Waals surface area contributed by atoms with Crippen molar-refractivity contribution in [3.8, 4) is 5.75 Å². The molecule has 0 aliphatic carbocycles. The van der Waals surface area contributed by atoms with Crippen LogP contribution < -0.4 is 4.74 Å². The predicted octanol–water partition coefficient (Wildman–Crippen LogP) is 3.43. The van der Waals surface area contributed by atoms with Crippen molar-refractivity contribution in [1.29, 1.82) is 0 Å². The van der Waals surface area contributed by atoms with E-state index in [4.69, 9.17) is 25.8 Å². The van der Waals surface area contributed by atoms with Gasteiger partial charge in [-0.3, -0.25) is 0 Å². The van der Waals surface area contributed by atoms with Crippen LogP contribution in [0.4, 0.5) is 13.2 Å². The maximum atomic E-state index is 13.4. The van der Waals surface area contributed by atoms with Gasteiger partial charge in [0.2, 0.25) is 6.10 Å². The van der Waals surface area contributed by atoms with Crippen LogP contribution in [0.15, 0.2) is 11.6 Å². The Morgan fingerprint density at radius 1 is 1.28 bits per heavy atom. The zero-order valence-electron chi connectivity index (χ0n) is 15.4. The maximum Gasteiger partial charge on any atom is 0.430 e. The van der Waals surface area contributed by atoms with Gasteiger partial charge in [-0.2, -0.15) is 13.2 Å². The lowest BCUT2D eigenvalue weighted by atomic mass is 9.96. The maximum absolute atomic E-state index is 13.4. The standard InChI is InChI=1S/C17H17ClF3NO7/c1-9-7-13-11(10(2)14(9)18)8-12(15(29-13)17(19,20)21)16(23)27-5-3-26-4-6-28-22(24)25/h7-8,15H,3-6H2,1-2H3. The number of carbonyl (C=O) groups excluding carboxylic acids is 1. The molecular weight excluding hydrogens is 423 g/mol. The number of carbonyl (C=O) groups is 1. The average molecular weight is 440 g/mol. The Morgan fingerprint density at radius 2 is 1.93 bits per heavy atom. The van der Waals surface area contributed by atoms with Crippen molar-refractivity contribution in [1.82, 2.24) is 0 Å². The van der Waals surface area contributed by atoms with Gasteiger partial charge in [0.15, 0.2) is 0 Å². The first-order valence-corrected chi connectivity index (χ1v) is 8.67. The second kappa shape index (κ2) is 9.31. The second-order valence-corrected chi connectivity index (χ2v) is 6.37. The quantitative estimate of drug-likeness (QED) is 0.265. The normalized spacial score (nSPS) is 15.8. The molecule has 1 aliphatic rings. The molecule has 1 aromatic rings. The Hall–Kier alpha value is -2.53. The number of fused-ring (bicyclic) bond motifs is 1. The number of nitrogens with zero attached hydrogens (tertiary/aromatic N) is 1. The first-order chi connectivity index (χ1) is 13.5. The van der Waals surface area contributed by atoms with E-state index in [1.54, 1.807) is 13.8 Å². The van der Waals surface area contributed by atoms with Crippen molar-refractivity contribution in [3.63, 3.8) is 0 Å². The topological polar surface area (TPSA) is 97.1 Å². The summed E-state index contributed by atoms with van der Waals surface area (Å²) in [6.45, 7) is 2.21. The smallest absolute Gasteiger partial charge is 0.430 e. The molecule has 8 nitrogen and oxygen atoms in total. The minimum atomic E-state index is -4.85. The number of halogens is 4. The molecule has 0 saturated carbocycles. The Kier molecular flexibility index (Phi) is 7.31. The molecule has 0 bridgehead atoms. The van der Waals surface area contributed by atoms with Crippen LogP contribution >= 0.6 is 11.6 Å². The summed E-state index contributed by atoms with van der Waals surface area (Å²) in [6.07, 6.45) is -6.27. The van der Waals surface area contributed by atoms with Gasteiger partial charge >= 0.3 is 12.1 Å². The fourth-order valence-corrected chi connectivity index (χ4v) is 2.75. The highest BCUT2D eigenvalue weighted by atomic mass is 35.5. The molecule has 1 unspecified atom stereocenters. The van der Waals surface area contributed by atoms with Crippen molar-refractivity contribution in [2.24, 2.45) is 0 Å². The average Bonchev–Trinajstić information content (AvgIpc) is 2.63. The molecule has 160 valence electrons. The third-order valence-corrected chi connectivity index (χ3v) is 4.52. The van der Waals surface area contributed by atoms with Gasteiger partial charge in [-0.05, 0) is 37.1 Å². The Bertz CT molecular complexity index is 826. The molecule has 1 heterocycles. The molecular formula is C17H17ClF3NO7. The first-order valence-electron chi connectivity index (χ1n) is 8.29. The first kappa shape index (κ1) is 22.8. The summed E-state index contributed by atoms with van der Waals surface area (Å²) in [5.74, 6) is -1.25. The van der Waals surface area contributed by atoms with E-state index in [1.807, 2.05) is 0 Å². The fourth-order valence-electron chi connectivity index (χ4n) is 2.59. The van der Waals surface area contributed by atoms with Gasteiger partial charge in [-0.25, -0.2) is 4.79 Å². The number of hydrogen-bond donors (Lipinski definition) is 0. The number of hydrogen-bond acceptors (Lipinski definition) is 7. The van der Waals surface area contributed by atoms with Crippen LogP contribution in [0.5, 0.6) is 5.75 Å². The molecule has 29 heavy (non-hydrogen) atoms. The largest absolute Gasteiger partial charge is 0.475 e. The molecule has 0 radical (unpaired) electrons. The molecule has 12 heteroatoms. The second-order valence-electron chi connectivity index (χ2n) is 5.99. The summed E-state index contributed by atoms with van der Waals surface area (Å²) >= 11 is 6.14. The minimum Gasteiger partial charge on any atom is -0.475 e. The molecule has 0 fully saturated rings. The summed E-state index contributed by atoms with van der Waals surface area (Å²) in [4.78, 5) is 26.2. The summed E-state index contributed by atoms with van der Waals surface area (Å²) in [6, 6.07) is 1.38. The van der Waals surface area contributed by atoms with E-state index in [0.29, 0.717) is 16.1 Å². The number of aryl methyl sites for hydroxylation is 1. The van der Waals surface area contributed by atoms with Gasteiger partial charge in [-0.1, -0.05) is 11.6 Å². The Labute approximate surface area is 168 Å². The van der Waals surface area contributed by atoms with Gasteiger partial charge in [0.25, 0.3) is 5.09 Å². The van der Waals surface area contributed by atoms with Crippen molar-refractivity contribution in [3.05, 3.63) is 43.5 Å². The van der Waals surface area contributed by atoms with E-state index >= 15 is 0 Å². The van der Waals surface area contributed by atoms with E-state index in [1.165, 1.54) is 6.07 Å². The molecule has 0 aromatic heterocycles. The van der Waals surface area contributed by atoms with Crippen LogP contribution in [0, 0.1) is 24.0 Å². The summed E-state index contributed by atoms with van der Waals surface area (Å²) in [5.41, 5.74) is 0.564. The number of rotatable bonds is 8. The third-order valence-electron chi connectivity index (χ3n) is 3.94. The zero-order chi connectivity index (χ0) is 21.8. The highest BCUT2D eigenvalue weighted by molar-refractivity contribution is 6.32. The Balaban J connectivity index is 2.10. The number of alkyl halides is 3. The van der Waals surface area contributed by atoms with E-state index in [0.717, 1.165) is 6.08 Å². The van der Waals surface area contributed by atoms with Crippen LogP contribution in [0.2, 0.25) is 5.02 Å². The van der Waals surface area contributed by atoms with Gasteiger partial charge < -0.3 is 19.0 Å². The van der Waals surface area contributed by atoms with Crippen molar-refractivity contribution in [2.75, 3.05) is 26.4 Å². The molecule has 2 rings (SSSR count). The van der Waals surface area contributed by atoms with Crippen LogP contribution in [0.1, 0.15) is 16.7 Å². The van der Waals surface area contributed by atoms with E-state index < -0.39 is 28.9 Å². The Morgan fingerprint density at radius 3 is 2.55 bits per heavy atom. The zero-order valence-corrected chi connectivity index (χ0v) is 16.1. The lowest BCUT2D eigenvalue weighted by Gasteiger charge is -2.29.